The number of carbonyl (C=O) groups excluding carboxylic acids is 1. The first kappa shape index (κ1) is 20.1. The first-order valence-electron chi connectivity index (χ1n) is 10.5. The maximum absolute atomic E-state index is 12.7. The van der Waals surface area contributed by atoms with Crippen molar-refractivity contribution in [3.63, 3.8) is 0 Å². The molecule has 0 N–H and O–H groups in total. The van der Waals surface area contributed by atoms with Crippen molar-refractivity contribution in [1.29, 1.82) is 0 Å². The van der Waals surface area contributed by atoms with Gasteiger partial charge in [0.2, 0.25) is 11.9 Å². The fourth-order valence-electron chi connectivity index (χ4n) is 3.91. The lowest BCUT2D eigenvalue weighted by Gasteiger charge is -2.28. The van der Waals surface area contributed by atoms with Gasteiger partial charge in [-0.2, -0.15) is 0 Å². The van der Waals surface area contributed by atoms with Crippen molar-refractivity contribution in [1.82, 2.24) is 19.7 Å². The molecule has 1 aliphatic carbocycles. The Kier molecular flexibility index (Phi) is 6.28. The summed E-state index contributed by atoms with van der Waals surface area (Å²) in [6, 6.07) is 8.34. The second kappa shape index (κ2) is 9.07. The summed E-state index contributed by atoms with van der Waals surface area (Å²) >= 11 is 1.46. The van der Waals surface area contributed by atoms with Crippen LogP contribution >= 0.6 is 11.8 Å². The van der Waals surface area contributed by atoms with Gasteiger partial charge in [-0.05, 0) is 51.2 Å². The lowest BCUT2D eigenvalue weighted by Crippen LogP contribution is -2.34. The summed E-state index contributed by atoms with van der Waals surface area (Å²) in [4.78, 5) is 17.0. The van der Waals surface area contributed by atoms with E-state index in [1.54, 1.807) is 7.11 Å². The summed E-state index contributed by atoms with van der Waals surface area (Å²) in [7, 11) is 1.68. The van der Waals surface area contributed by atoms with Gasteiger partial charge in [0.1, 0.15) is 5.75 Å². The standard InChI is InChI=1S/C21H29N5O2S/c1-3-25(16-11-12-16)19(27)15-29-21-23-22-20(24-13-7-4-8-14-24)26(21)17-9-5-6-10-18(17)28-2/h5-6,9-10,16H,3-4,7-8,11-15H2,1-2H3. The molecule has 1 aromatic heterocycles. The van der Waals surface area contributed by atoms with Crippen LogP contribution in [0.15, 0.2) is 29.4 Å². The van der Waals surface area contributed by atoms with E-state index < -0.39 is 0 Å². The molecule has 2 heterocycles. The van der Waals surface area contributed by atoms with Crippen molar-refractivity contribution in [3.8, 4) is 11.4 Å². The minimum absolute atomic E-state index is 0.175. The number of rotatable bonds is 8. The van der Waals surface area contributed by atoms with E-state index in [4.69, 9.17) is 4.74 Å². The number of nitrogens with zero attached hydrogens (tertiary/aromatic N) is 5. The second-order valence-electron chi connectivity index (χ2n) is 7.54. The van der Waals surface area contributed by atoms with E-state index >= 15 is 0 Å². The summed E-state index contributed by atoms with van der Waals surface area (Å²) in [5.74, 6) is 2.15. The predicted molar refractivity (Wildman–Crippen MR) is 115 cm³/mol. The predicted octanol–water partition coefficient (Wildman–Crippen LogP) is 3.37. The number of thioether (sulfide) groups is 1. The van der Waals surface area contributed by atoms with Crippen LogP contribution in [-0.4, -0.2) is 64.1 Å². The lowest BCUT2D eigenvalue weighted by atomic mass is 10.1. The topological polar surface area (TPSA) is 63.5 Å². The number of ether oxygens (including phenoxy) is 1. The zero-order chi connectivity index (χ0) is 20.2. The van der Waals surface area contributed by atoms with E-state index in [1.165, 1.54) is 18.2 Å². The number of methoxy groups -OCH3 is 1. The molecule has 7 nitrogen and oxygen atoms in total. The quantitative estimate of drug-likeness (QED) is 0.616. The number of hydrogen-bond acceptors (Lipinski definition) is 6. The molecule has 8 heteroatoms. The average molecular weight is 416 g/mol. The number of carbonyl (C=O) groups is 1. The van der Waals surface area contributed by atoms with Gasteiger partial charge in [0.05, 0.1) is 18.6 Å². The molecule has 4 rings (SSSR count). The molecule has 1 saturated carbocycles. The largest absolute Gasteiger partial charge is 0.495 e. The minimum atomic E-state index is 0.175. The molecule has 1 aromatic carbocycles. The fraction of sp³-hybridized carbons (Fsp3) is 0.571. The van der Waals surface area contributed by atoms with Crippen molar-refractivity contribution in [2.24, 2.45) is 0 Å². The van der Waals surface area contributed by atoms with Crippen molar-refractivity contribution in [2.45, 2.75) is 50.2 Å². The molecule has 1 amide bonds. The summed E-state index contributed by atoms with van der Waals surface area (Å²) in [6.45, 7) is 4.76. The summed E-state index contributed by atoms with van der Waals surface area (Å²) in [6.07, 6.45) is 5.82. The van der Waals surface area contributed by atoms with Crippen molar-refractivity contribution >= 4 is 23.6 Å². The Morgan fingerprint density at radius 2 is 1.97 bits per heavy atom. The van der Waals surface area contributed by atoms with E-state index in [1.807, 2.05) is 36.1 Å². The highest BCUT2D eigenvalue weighted by Gasteiger charge is 2.31. The molecule has 2 fully saturated rings. The van der Waals surface area contributed by atoms with Gasteiger partial charge in [0, 0.05) is 25.7 Å². The van der Waals surface area contributed by atoms with E-state index in [0.29, 0.717) is 11.8 Å². The number of hydrogen-bond donors (Lipinski definition) is 0. The normalized spacial score (nSPS) is 16.7. The number of aromatic nitrogens is 3. The Balaban J connectivity index is 1.62. The Morgan fingerprint density at radius 3 is 2.66 bits per heavy atom. The first-order chi connectivity index (χ1) is 14.2. The van der Waals surface area contributed by atoms with Crippen LogP contribution in [0.25, 0.3) is 5.69 Å². The molecule has 1 aliphatic heterocycles. The zero-order valence-corrected chi connectivity index (χ0v) is 18.0. The number of amides is 1. The highest BCUT2D eigenvalue weighted by atomic mass is 32.2. The van der Waals surface area contributed by atoms with Crippen LogP contribution in [0.1, 0.15) is 39.0 Å². The minimum Gasteiger partial charge on any atom is -0.495 e. The molecular formula is C21H29N5O2S. The molecule has 0 bridgehead atoms. The summed E-state index contributed by atoms with van der Waals surface area (Å²) < 4.78 is 7.66. The van der Waals surface area contributed by atoms with Gasteiger partial charge in [0.15, 0.2) is 5.16 Å². The second-order valence-corrected chi connectivity index (χ2v) is 8.48. The molecule has 0 radical (unpaired) electrons. The van der Waals surface area contributed by atoms with Gasteiger partial charge in [-0.1, -0.05) is 23.9 Å². The first-order valence-corrected chi connectivity index (χ1v) is 11.5. The third kappa shape index (κ3) is 4.37. The van der Waals surface area contributed by atoms with Gasteiger partial charge >= 0.3 is 0 Å². The molecule has 156 valence electrons. The summed E-state index contributed by atoms with van der Waals surface area (Å²) in [5.41, 5.74) is 0.907. The Hall–Kier alpha value is -2.22. The zero-order valence-electron chi connectivity index (χ0n) is 17.2. The third-order valence-electron chi connectivity index (χ3n) is 5.55. The van der Waals surface area contributed by atoms with Crippen LogP contribution in [0.3, 0.4) is 0 Å². The fourth-order valence-corrected chi connectivity index (χ4v) is 4.74. The van der Waals surface area contributed by atoms with Gasteiger partial charge in [-0.15, -0.1) is 10.2 Å². The molecule has 0 unspecified atom stereocenters. The van der Waals surface area contributed by atoms with E-state index in [0.717, 1.165) is 67.9 Å². The van der Waals surface area contributed by atoms with Crippen molar-refractivity contribution in [2.75, 3.05) is 37.4 Å². The van der Waals surface area contributed by atoms with E-state index in [9.17, 15) is 4.79 Å². The van der Waals surface area contributed by atoms with Gasteiger partial charge in [-0.25, -0.2) is 0 Å². The summed E-state index contributed by atoms with van der Waals surface area (Å²) in [5, 5.41) is 9.72. The number of benzene rings is 1. The van der Waals surface area contributed by atoms with Gasteiger partial charge in [0.25, 0.3) is 0 Å². The molecule has 0 spiro atoms. The van der Waals surface area contributed by atoms with Crippen LogP contribution in [-0.2, 0) is 4.79 Å². The maximum Gasteiger partial charge on any atom is 0.233 e. The van der Waals surface area contributed by atoms with Crippen LogP contribution in [0.4, 0.5) is 5.95 Å². The van der Waals surface area contributed by atoms with Crippen molar-refractivity contribution < 1.29 is 9.53 Å². The SMILES string of the molecule is CCN(C(=O)CSc1nnc(N2CCCCC2)n1-c1ccccc1OC)C1CC1. The maximum atomic E-state index is 12.7. The van der Waals surface area contributed by atoms with Crippen LogP contribution in [0.5, 0.6) is 5.75 Å². The third-order valence-corrected chi connectivity index (χ3v) is 6.47. The van der Waals surface area contributed by atoms with Crippen molar-refractivity contribution in [3.05, 3.63) is 24.3 Å². The average Bonchev–Trinajstić information content (AvgIpc) is 3.51. The van der Waals surface area contributed by atoms with Crippen LogP contribution in [0, 0.1) is 0 Å². The highest BCUT2D eigenvalue weighted by Crippen LogP contribution is 2.33. The highest BCUT2D eigenvalue weighted by molar-refractivity contribution is 7.99. The van der Waals surface area contributed by atoms with E-state index in [2.05, 4.69) is 19.7 Å². The molecule has 2 aromatic rings. The number of piperidine rings is 1. The molecular weight excluding hydrogens is 386 g/mol. The molecule has 0 atom stereocenters. The molecule has 29 heavy (non-hydrogen) atoms. The van der Waals surface area contributed by atoms with Crippen LogP contribution < -0.4 is 9.64 Å². The smallest absolute Gasteiger partial charge is 0.233 e. The molecule has 1 saturated heterocycles. The number of para-hydroxylation sites is 2. The van der Waals surface area contributed by atoms with Gasteiger partial charge < -0.3 is 14.5 Å². The molecule has 2 aliphatic rings. The van der Waals surface area contributed by atoms with Crippen LogP contribution in [0.2, 0.25) is 0 Å². The Morgan fingerprint density at radius 1 is 1.21 bits per heavy atom. The Bertz CT molecular complexity index is 845. The lowest BCUT2D eigenvalue weighted by molar-refractivity contribution is -0.128. The monoisotopic (exact) mass is 415 g/mol. The van der Waals surface area contributed by atoms with E-state index in [-0.39, 0.29) is 5.91 Å². The Labute approximate surface area is 176 Å². The van der Waals surface area contributed by atoms with Gasteiger partial charge in [-0.3, -0.25) is 9.36 Å². The number of anilines is 1.